The van der Waals surface area contributed by atoms with E-state index in [1.54, 1.807) is 0 Å². The van der Waals surface area contributed by atoms with E-state index in [1.165, 1.54) is 13.8 Å². The number of aliphatic hydroxyl groups is 3. The van der Waals surface area contributed by atoms with Gasteiger partial charge < -0.3 is 15.3 Å². The van der Waals surface area contributed by atoms with Crippen molar-refractivity contribution in [2.45, 2.75) is 83.5 Å². The Kier molecular flexibility index (Phi) is 8.77. The van der Waals surface area contributed by atoms with E-state index >= 15 is 0 Å². The molecule has 0 aromatic heterocycles. The molecule has 1 rings (SSSR count). The second-order valence-electron chi connectivity index (χ2n) is 7.81. The third kappa shape index (κ3) is 8.13. The molecule has 0 aliphatic heterocycles. The average Bonchev–Trinajstić information content (AvgIpc) is 2.51. The van der Waals surface area contributed by atoms with Crippen molar-refractivity contribution >= 4 is 5.78 Å². The first-order chi connectivity index (χ1) is 11.6. The Balaban J connectivity index is 2.26. The summed E-state index contributed by atoms with van der Waals surface area (Å²) in [6, 6.07) is 0. The molecule has 3 N–H and O–H groups in total. The smallest absolute Gasteiger partial charge is 0.163 e. The van der Waals surface area contributed by atoms with Gasteiger partial charge in [0.1, 0.15) is 5.60 Å². The van der Waals surface area contributed by atoms with Crippen molar-refractivity contribution in [3.63, 3.8) is 0 Å². The molecule has 25 heavy (non-hydrogen) atoms. The molecule has 0 aromatic carbocycles. The van der Waals surface area contributed by atoms with E-state index < -0.39 is 17.8 Å². The molecule has 142 valence electrons. The molecule has 3 atom stereocenters. The number of aliphatic hydroxyl groups excluding tert-OH is 2. The number of allylic oxidation sites excluding steroid dienone is 3. The maximum Gasteiger partial charge on any atom is 0.163 e. The minimum atomic E-state index is -1.22. The van der Waals surface area contributed by atoms with Crippen molar-refractivity contribution in [1.82, 2.24) is 0 Å². The zero-order valence-electron chi connectivity index (χ0n) is 15.9. The van der Waals surface area contributed by atoms with Crippen LogP contribution in [0.25, 0.3) is 0 Å². The van der Waals surface area contributed by atoms with Crippen LogP contribution >= 0.6 is 0 Å². The zero-order chi connectivity index (χ0) is 19.0. The molecular weight excluding hydrogens is 316 g/mol. The first kappa shape index (κ1) is 21.8. The molecule has 1 fully saturated rings. The summed E-state index contributed by atoms with van der Waals surface area (Å²) >= 11 is 0. The minimum absolute atomic E-state index is 0.0945. The summed E-state index contributed by atoms with van der Waals surface area (Å²) < 4.78 is 0. The van der Waals surface area contributed by atoms with E-state index in [1.807, 2.05) is 12.2 Å². The summed E-state index contributed by atoms with van der Waals surface area (Å²) in [5.41, 5.74) is 0.404. The summed E-state index contributed by atoms with van der Waals surface area (Å²) in [4.78, 5) is 11.7. The average molecular weight is 350 g/mol. The lowest BCUT2D eigenvalue weighted by atomic mass is 9.86. The molecule has 1 saturated carbocycles. The van der Waals surface area contributed by atoms with E-state index in [2.05, 4.69) is 19.6 Å². The van der Waals surface area contributed by atoms with Gasteiger partial charge in [-0.05, 0) is 56.6 Å². The number of carbonyl (C=O) groups is 1. The molecule has 0 saturated heterocycles. The van der Waals surface area contributed by atoms with E-state index in [4.69, 9.17) is 0 Å². The van der Waals surface area contributed by atoms with Gasteiger partial charge >= 0.3 is 0 Å². The van der Waals surface area contributed by atoms with Crippen molar-refractivity contribution in [1.29, 1.82) is 0 Å². The highest BCUT2D eigenvalue weighted by molar-refractivity contribution is 5.86. The number of Topliss-reactive ketones (excluding diaryl/α,β-unsaturated/α-hetero) is 1. The largest absolute Gasteiger partial charge is 0.393 e. The van der Waals surface area contributed by atoms with Gasteiger partial charge in [-0.2, -0.15) is 0 Å². The summed E-state index contributed by atoms with van der Waals surface area (Å²) in [6.45, 7) is 9.11. The minimum Gasteiger partial charge on any atom is -0.393 e. The highest BCUT2D eigenvalue weighted by Gasteiger charge is 2.25. The van der Waals surface area contributed by atoms with Crippen LogP contribution in [0.4, 0.5) is 0 Å². The van der Waals surface area contributed by atoms with Crippen LogP contribution in [0.2, 0.25) is 0 Å². The van der Waals surface area contributed by atoms with Crippen LogP contribution in [0.1, 0.15) is 65.7 Å². The number of carbonyl (C=O) groups excluding carboxylic acids is 1. The van der Waals surface area contributed by atoms with Gasteiger partial charge in [-0.3, -0.25) is 4.79 Å². The molecule has 1 aliphatic carbocycles. The summed E-state index contributed by atoms with van der Waals surface area (Å²) in [5, 5.41) is 29.1. The molecule has 4 nitrogen and oxygen atoms in total. The SMILES string of the molecule is C=C1/C(=C\C=C\CCC[C@@H](C)CCC(=O)C(C)(C)O)C[C@@H](O)C[C@H]1O. The molecule has 0 spiro atoms. The van der Waals surface area contributed by atoms with Crippen molar-refractivity contribution in [3.05, 3.63) is 36.0 Å². The van der Waals surface area contributed by atoms with Crippen molar-refractivity contribution in [2.75, 3.05) is 0 Å². The maximum atomic E-state index is 11.7. The third-order valence-corrected chi connectivity index (χ3v) is 4.81. The fraction of sp³-hybridized carbons (Fsp3) is 0.667. The quantitative estimate of drug-likeness (QED) is 0.557. The molecule has 4 heteroatoms. The van der Waals surface area contributed by atoms with Gasteiger partial charge in [0.2, 0.25) is 0 Å². The molecule has 0 heterocycles. The first-order valence-corrected chi connectivity index (χ1v) is 9.28. The van der Waals surface area contributed by atoms with Gasteiger partial charge in [0.05, 0.1) is 12.2 Å². The first-order valence-electron chi connectivity index (χ1n) is 9.28. The Morgan fingerprint density at radius 1 is 1.36 bits per heavy atom. The summed E-state index contributed by atoms with van der Waals surface area (Å²) in [7, 11) is 0. The van der Waals surface area contributed by atoms with Gasteiger partial charge in [-0.25, -0.2) is 0 Å². The Labute approximate surface area is 152 Å². The van der Waals surface area contributed by atoms with Crippen LogP contribution in [-0.2, 0) is 4.79 Å². The standard InChI is InChI=1S/C21H34O4/c1-15(11-12-20(24)21(3,4)25)9-7-5-6-8-10-17-13-18(22)14-19(23)16(17)2/h6,8,10,15,18-19,22-23,25H,2,5,7,9,11-14H2,1,3-4H3/b8-6+,17-10-/t15-,18-,19-/m1/s1. The second kappa shape index (κ2) is 10.0. The van der Waals surface area contributed by atoms with Crippen molar-refractivity contribution < 1.29 is 20.1 Å². The number of rotatable bonds is 9. The molecule has 0 aromatic rings. The molecule has 1 aliphatic rings. The molecular formula is C21H34O4. The molecule has 0 radical (unpaired) electrons. The lowest BCUT2D eigenvalue weighted by molar-refractivity contribution is -0.134. The van der Waals surface area contributed by atoms with Crippen LogP contribution in [0.3, 0.4) is 0 Å². The Bertz CT molecular complexity index is 510. The van der Waals surface area contributed by atoms with Crippen LogP contribution < -0.4 is 0 Å². The number of ketones is 1. The predicted molar refractivity (Wildman–Crippen MR) is 101 cm³/mol. The highest BCUT2D eigenvalue weighted by atomic mass is 16.3. The van der Waals surface area contributed by atoms with Crippen LogP contribution in [0.5, 0.6) is 0 Å². The van der Waals surface area contributed by atoms with Gasteiger partial charge in [0.25, 0.3) is 0 Å². The second-order valence-corrected chi connectivity index (χ2v) is 7.81. The van der Waals surface area contributed by atoms with E-state index in [-0.39, 0.29) is 5.78 Å². The van der Waals surface area contributed by atoms with E-state index in [0.29, 0.717) is 30.8 Å². The monoisotopic (exact) mass is 350 g/mol. The molecule has 0 amide bonds. The number of hydrogen-bond acceptors (Lipinski definition) is 4. The Morgan fingerprint density at radius 3 is 2.68 bits per heavy atom. The normalized spacial score (nSPS) is 24.9. The van der Waals surface area contributed by atoms with Gasteiger partial charge in [0, 0.05) is 12.8 Å². The van der Waals surface area contributed by atoms with Gasteiger partial charge in [0.15, 0.2) is 5.78 Å². The topological polar surface area (TPSA) is 77.8 Å². The fourth-order valence-electron chi connectivity index (χ4n) is 2.95. The Morgan fingerprint density at radius 2 is 2.04 bits per heavy atom. The highest BCUT2D eigenvalue weighted by Crippen LogP contribution is 2.28. The van der Waals surface area contributed by atoms with Crippen LogP contribution in [0, 0.1) is 5.92 Å². The lowest BCUT2D eigenvalue weighted by Gasteiger charge is -2.26. The maximum absolute atomic E-state index is 11.7. The molecule has 0 unspecified atom stereocenters. The van der Waals surface area contributed by atoms with E-state index in [0.717, 1.165) is 31.3 Å². The predicted octanol–water partition coefficient (Wildman–Crippen LogP) is 3.47. The van der Waals surface area contributed by atoms with Crippen LogP contribution in [-0.4, -0.2) is 38.9 Å². The van der Waals surface area contributed by atoms with E-state index in [9.17, 15) is 20.1 Å². The van der Waals surface area contributed by atoms with Gasteiger partial charge in [-0.15, -0.1) is 0 Å². The lowest BCUT2D eigenvalue weighted by Crippen LogP contribution is -2.31. The number of hydrogen-bond donors (Lipinski definition) is 3. The fourth-order valence-corrected chi connectivity index (χ4v) is 2.95. The molecule has 0 bridgehead atoms. The third-order valence-electron chi connectivity index (χ3n) is 4.81. The van der Waals surface area contributed by atoms with Crippen LogP contribution in [0.15, 0.2) is 36.0 Å². The summed E-state index contributed by atoms with van der Waals surface area (Å²) in [5.74, 6) is 0.365. The van der Waals surface area contributed by atoms with Gasteiger partial charge in [-0.1, -0.05) is 38.2 Å². The number of unbranched alkanes of at least 4 members (excludes halogenated alkanes) is 1. The summed E-state index contributed by atoms with van der Waals surface area (Å²) in [6.07, 6.45) is 10.0. The zero-order valence-corrected chi connectivity index (χ0v) is 15.9. The Hall–Kier alpha value is -1.23. The van der Waals surface area contributed by atoms with Crippen molar-refractivity contribution in [3.8, 4) is 0 Å². The van der Waals surface area contributed by atoms with Crippen molar-refractivity contribution in [2.24, 2.45) is 5.92 Å².